The van der Waals surface area contributed by atoms with Gasteiger partial charge in [0, 0.05) is 17.1 Å². The van der Waals surface area contributed by atoms with E-state index in [2.05, 4.69) is 15.0 Å². The van der Waals surface area contributed by atoms with Crippen molar-refractivity contribution in [2.45, 2.75) is 6.92 Å². The number of benzene rings is 1. The topological polar surface area (TPSA) is 64.7 Å². The number of aryl methyl sites for hydroxylation is 1. The van der Waals surface area contributed by atoms with Gasteiger partial charge < -0.3 is 5.73 Å². The van der Waals surface area contributed by atoms with Crippen molar-refractivity contribution in [3.05, 3.63) is 46.4 Å². The van der Waals surface area contributed by atoms with E-state index in [1.807, 2.05) is 5.38 Å². The zero-order valence-electron chi connectivity index (χ0n) is 11.0. The highest BCUT2D eigenvalue weighted by atomic mass is 35.5. The lowest BCUT2D eigenvalue weighted by molar-refractivity contribution is 0.628. The van der Waals surface area contributed by atoms with Crippen molar-refractivity contribution in [2.24, 2.45) is 0 Å². The second kappa shape index (κ2) is 5.38. The highest BCUT2D eigenvalue weighted by molar-refractivity contribution is 7.13. The van der Waals surface area contributed by atoms with E-state index in [4.69, 9.17) is 17.3 Å². The van der Waals surface area contributed by atoms with Crippen LogP contribution in [0.1, 0.15) is 5.82 Å². The van der Waals surface area contributed by atoms with Crippen LogP contribution in [0.3, 0.4) is 0 Å². The van der Waals surface area contributed by atoms with Gasteiger partial charge in [0.15, 0.2) is 0 Å². The number of nitrogens with two attached hydrogens (primary N) is 1. The average molecular weight is 321 g/mol. The minimum Gasteiger partial charge on any atom is -0.383 e. The van der Waals surface area contributed by atoms with Crippen molar-refractivity contribution in [3.63, 3.8) is 0 Å². The Balaban J connectivity index is 2.03. The number of aromatic nitrogens is 3. The summed E-state index contributed by atoms with van der Waals surface area (Å²) in [4.78, 5) is 12.7. The van der Waals surface area contributed by atoms with Crippen LogP contribution in [0.15, 0.2) is 29.8 Å². The fraction of sp³-hybridized carbons (Fsp3) is 0.0714. The Bertz CT molecular complexity index is 752. The summed E-state index contributed by atoms with van der Waals surface area (Å²) in [6, 6.07) is 4.22. The summed E-state index contributed by atoms with van der Waals surface area (Å²) < 4.78 is 13.1. The quantitative estimate of drug-likeness (QED) is 0.776. The molecule has 0 fully saturated rings. The molecular formula is C14H10ClFN4S. The van der Waals surface area contributed by atoms with E-state index in [-0.39, 0.29) is 5.82 Å². The fourth-order valence-electron chi connectivity index (χ4n) is 1.87. The Labute approximate surface area is 129 Å². The summed E-state index contributed by atoms with van der Waals surface area (Å²) in [5.74, 6) is 0.610. The fourth-order valence-corrected chi connectivity index (χ4v) is 2.97. The van der Waals surface area contributed by atoms with Crippen LogP contribution in [0, 0.1) is 12.7 Å². The van der Waals surface area contributed by atoms with Crippen LogP contribution in [0.25, 0.3) is 21.8 Å². The van der Waals surface area contributed by atoms with Crippen LogP contribution >= 0.6 is 22.9 Å². The van der Waals surface area contributed by atoms with Crippen molar-refractivity contribution in [1.29, 1.82) is 0 Å². The molecule has 2 heterocycles. The third-order valence-corrected chi connectivity index (χ3v) is 4.07. The first kappa shape index (κ1) is 13.9. The van der Waals surface area contributed by atoms with E-state index in [0.717, 1.165) is 0 Å². The highest BCUT2D eigenvalue weighted by Crippen LogP contribution is 2.34. The van der Waals surface area contributed by atoms with Gasteiger partial charge in [-0.2, -0.15) is 0 Å². The Kier molecular flexibility index (Phi) is 3.57. The van der Waals surface area contributed by atoms with Crippen LogP contribution in [0.4, 0.5) is 10.2 Å². The molecular weight excluding hydrogens is 311 g/mol. The molecule has 0 saturated carbocycles. The summed E-state index contributed by atoms with van der Waals surface area (Å²) in [5, 5.41) is 2.86. The molecule has 21 heavy (non-hydrogen) atoms. The summed E-state index contributed by atoms with van der Waals surface area (Å²) in [5.41, 5.74) is 7.91. The Morgan fingerprint density at radius 2 is 2.05 bits per heavy atom. The van der Waals surface area contributed by atoms with Crippen molar-refractivity contribution in [1.82, 2.24) is 15.0 Å². The number of rotatable bonds is 2. The van der Waals surface area contributed by atoms with Crippen LogP contribution in [-0.4, -0.2) is 15.0 Å². The van der Waals surface area contributed by atoms with E-state index < -0.39 is 0 Å². The number of nitrogen functional groups attached to an aromatic ring is 1. The van der Waals surface area contributed by atoms with Gasteiger partial charge in [0.1, 0.15) is 22.5 Å². The van der Waals surface area contributed by atoms with Gasteiger partial charge in [0.25, 0.3) is 0 Å². The van der Waals surface area contributed by atoms with Gasteiger partial charge >= 0.3 is 0 Å². The minimum absolute atomic E-state index is 0.319. The molecule has 0 radical (unpaired) electrons. The van der Waals surface area contributed by atoms with Crippen LogP contribution in [-0.2, 0) is 0 Å². The molecule has 0 saturated heterocycles. The molecule has 0 bridgehead atoms. The predicted molar refractivity (Wildman–Crippen MR) is 82.7 cm³/mol. The smallest absolute Gasteiger partial charge is 0.137 e. The second-order valence-electron chi connectivity index (χ2n) is 4.38. The lowest BCUT2D eigenvalue weighted by atomic mass is 10.2. The molecule has 4 nitrogen and oxygen atoms in total. The highest BCUT2D eigenvalue weighted by Gasteiger charge is 2.13. The first-order valence-corrected chi connectivity index (χ1v) is 7.31. The third kappa shape index (κ3) is 2.72. The van der Waals surface area contributed by atoms with E-state index >= 15 is 0 Å². The molecule has 7 heteroatoms. The normalized spacial score (nSPS) is 10.8. The molecule has 1 aromatic carbocycles. The minimum atomic E-state index is -0.379. The molecule has 3 aromatic rings. The molecule has 0 spiro atoms. The van der Waals surface area contributed by atoms with Gasteiger partial charge in [0.05, 0.1) is 16.3 Å². The Hall–Kier alpha value is -2.05. The largest absolute Gasteiger partial charge is 0.383 e. The monoisotopic (exact) mass is 320 g/mol. The zero-order valence-corrected chi connectivity index (χ0v) is 12.5. The van der Waals surface area contributed by atoms with E-state index in [0.29, 0.717) is 38.5 Å². The molecule has 0 aliphatic rings. The second-order valence-corrected chi connectivity index (χ2v) is 5.64. The number of thiazole rings is 1. The van der Waals surface area contributed by atoms with Gasteiger partial charge in [0.2, 0.25) is 0 Å². The predicted octanol–water partition coefficient (Wildman–Crippen LogP) is 3.95. The maximum Gasteiger partial charge on any atom is 0.137 e. The number of halogens is 2. The van der Waals surface area contributed by atoms with Crippen LogP contribution < -0.4 is 5.73 Å². The first-order valence-electron chi connectivity index (χ1n) is 6.05. The molecule has 106 valence electrons. The summed E-state index contributed by atoms with van der Waals surface area (Å²) in [6.45, 7) is 1.77. The number of nitrogens with zero attached hydrogens (tertiary/aromatic N) is 3. The Morgan fingerprint density at radius 3 is 2.76 bits per heavy atom. The van der Waals surface area contributed by atoms with Crippen molar-refractivity contribution in [3.8, 4) is 21.8 Å². The molecule has 3 rings (SSSR count). The molecule has 0 aliphatic carbocycles. The average Bonchev–Trinajstić information content (AvgIpc) is 2.87. The summed E-state index contributed by atoms with van der Waals surface area (Å²) in [7, 11) is 0. The van der Waals surface area contributed by atoms with Gasteiger partial charge in [-0.25, -0.2) is 19.3 Å². The van der Waals surface area contributed by atoms with E-state index in [1.54, 1.807) is 19.2 Å². The number of hydrogen-bond donors (Lipinski definition) is 1. The summed E-state index contributed by atoms with van der Waals surface area (Å²) >= 11 is 7.45. The van der Waals surface area contributed by atoms with Gasteiger partial charge in [-0.05, 0) is 25.1 Å². The first-order chi connectivity index (χ1) is 10.0. The molecule has 0 unspecified atom stereocenters. The van der Waals surface area contributed by atoms with Crippen molar-refractivity contribution < 1.29 is 4.39 Å². The van der Waals surface area contributed by atoms with Gasteiger partial charge in [-0.3, -0.25) is 0 Å². The van der Waals surface area contributed by atoms with Crippen LogP contribution in [0.5, 0.6) is 0 Å². The number of hydrogen-bond acceptors (Lipinski definition) is 5. The lowest BCUT2D eigenvalue weighted by Crippen LogP contribution is -1.98. The Morgan fingerprint density at radius 1 is 1.24 bits per heavy atom. The molecule has 0 amide bonds. The molecule has 0 atom stereocenters. The third-order valence-electron chi connectivity index (χ3n) is 2.88. The standard InChI is InChI=1S/C14H10ClFN4S/c1-7-18-5-10(13(17)19-7)14-20-12(6-21-14)9-3-2-8(16)4-11(9)15/h2-6H,1H3,(H2,17,18,19). The van der Waals surface area contributed by atoms with Gasteiger partial charge in [-0.1, -0.05) is 11.6 Å². The molecule has 2 aromatic heterocycles. The van der Waals surface area contributed by atoms with Crippen molar-refractivity contribution in [2.75, 3.05) is 5.73 Å². The zero-order chi connectivity index (χ0) is 15.0. The van der Waals surface area contributed by atoms with Gasteiger partial charge in [-0.15, -0.1) is 11.3 Å². The van der Waals surface area contributed by atoms with Crippen LogP contribution in [0.2, 0.25) is 5.02 Å². The van der Waals surface area contributed by atoms with Crippen molar-refractivity contribution >= 4 is 28.8 Å². The molecule has 0 aliphatic heterocycles. The van der Waals surface area contributed by atoms with E-state index in [1.165, 1.54) is 23.5 Å². The summed E-state index contributed by atoms with van der Waals surface area (Å²) in [6.07, 6.45) is 1.65. The number of anilines is 1. The molecule has 2 N–H and O–H groups in total. The lowest BCUT2D eigenvalue weighted by Gasteiger charge is -2.02. The SMILES string of the molecule is Cc1ncc(-c2nc(-c3ccc(F)cc3Cl)cs2)c(N)n1. The maximum absolute atomic E-state index is 13.1. The van der Waals surface area contributed by atoms with E-state index in [9.17, 15) is 4.39 Å². The maximum atomic E-state index is 13.1.